The van der Waals surface area contributed by atoms with Crippen molar-refractivity contribution in [1.82, 2.24) is 9.80 Å². The largest absolute Gasteiger partial charge is 0.339 e. The van der Waals surface area contributed by atoms with Gasteiger partial charge in [0, 0.05) is 43.5 Å². The molecule has 2 atom stereocenters. The summed E-state index contributed by atoms with van der Waals surface area (Å²) in [5, 5.41) is 0. The number of likely N-dealkylation sites (tertiary alicyclic amines) is 1. The van der Waals surface area contributed by atoms with Gasteiger partial charge in [0.25, 0.3) is 5.91 Å². The number of rotatable bonds is 2. The lowest BCUT2D eigenvalue weighted by Gasteiger charge is -2.19. The van der Waals surface area contributed by atoms with Crippen molar-refractivity contribution < 1.29 is 9.59 Å². The van der Waals surface area contributed by atoms with Crippen molar-refractivity contribution in [1.29, 1.82) is 0 Å². The molecule has 0 radical (unpaired) electrons. The van der Waals surface area contributed by atoms with Gasteiger partial charge in [-0.15, -0.1) is 0 Å². The van der Waals surface area contributed by atoms with E-state index in [1.807, 2.05) is 34.1 Å². The number of hydrogen-bond acceptors (Lipinski definition) is 3. The molecule has 2 N–H and O–H groups in total. The van der Waals surface area contributed by atoms with Crippen LogP contribution in [0.15, 0.2) is 24.3 Å². The van der Waals surface area contributed by atoms with Crippen LogP contribution in [0.2, 0.25) is 0 Å². The maximum atomic E-state index is 12.5. The molecular weight excluding hydrogens is 292 g/mol. The van der Waals surface area contributed by atoms with Crippen LogP contribution in [0.1, 0.15) is 29.6 Å². The van der Waals surface area contributed by atoms with E-state index < -0.39 is 0 Å². The molecule has 6 nitrogen and oxygen atoms in total. The van der Waals surface area contributed by atoms with E-state index in [-0.39, 0.29) is 24.0 Å². The van der Waals surface area contributed by atoms with Crippen LogP contribution in [0.5, 0.6) is 0 Å². The van der Waals surface area contributed by atoms with Gasteiger partial charge >= 0.3 is 6.03 Å². The number of nitrogens with zero attached hydrogens (tertiary/aromatic N) is 3. The second-order valence-electron chi connectivity index (χ2n) is 6.65. The lowest BCUT2D eigenvalue weighted by molar-refractivity contribution is 0.0793. The molecule has 6 heteroatoms. The molecule has 0 aliphatic carbocycles. The maximum absolute atomic E-state index is 12.5. The molecule has 3 saturated heterocycles. The average Bonchev–Trinajstić information content (AvgIpc) is 3.28. The fourth-order valence-electron chi connectivity index (χ4n) is 3.87. The zero-order valence-electron chi connectivity index (χ0n) is 13.1. The van der Waals surface area contributed by atoms with E-state index in [0.29, 0.717) is 12.1 Å². The Labute approximate surface area is 135 Å². The molecule has 1 aromatic carbocycles. The van der Waals surface area contributed by atoms with Crippen LogP contribution in [0.25, 0.3) is 0 Å². The highest BCUT2D eigenvalue weighted by atomic mass is 16.2. The van der Waals surface area contributed by atoms with Gasteiger partial charge in [0.2, 0.25) is 0 Å². The maximum Gasteiger partial charge on any atom is 0.324 e. The van der Waals surface area contributed by atoms with Gasteiger partial charge in [-0.05, 0) is 43.5 Å². The normalized spacial score (nSPS) is 27.0. The Bertz CT molecular complexity index is 624. The molecule has 1 aromatic rings. The number of benzene rings is 1. The fraction of sp³-hybridized carbons (Fsp3) is 0.529. The summed E-state index contributed by atoms with van der Waals surface area (Å²) in [6.45, 7) is 3.07. The van der Waals surface area contributed by atoms with Crippen LogP contribution in [-0.2, 0) is 0 Å². The molecule has 3 aliphatic heterocycles. The van der Waals surface area contributed by atoms with E-state index in [0.717, 1.165) is 44.6 Å². The highest BCUT2D eigenvalue weighted by Crippen LogP contribution is 2.30. The van der Waals surface area contributed by atoms with Gasteiger partial charge in [-0.1, -0.05) is 0 Å². The van der Waals surface area contributed by atoms with Crippen molar-refractivity contribution in [2.45, 2.75) is 31.3 Å². The predicted molar refractivity (Wildman–Crippen MR) is 87.4 cm³/mol. The molecule has 3 heterocycles. The molecule has 3 aliphatic rings. The van der Waals surface area contributed by atoms with Crippen molar-refractivity contribution in [3.63, 3.8) is 0 Å². The number of carbonyl (C=O) groups excluding carboxylic acids is 2. The molecule has 0 aromatic heterocycles. The number of hydrogen-bond donors (Lipinski definition) is 1. The van der Waals surface area contributed by atoms with Crippen molar-refractivity contribution >= 4 is 17.6 Å². The molecule has 23 heavy (non-hydrogen) atoms. The zero-order chi connectivity index (χ0) is 16.0. The van der Waals surface area contributed by atoms with Crippen molar-refractivity contribution in [3.05, 3.63) is 29.8 Å². The van der Waals surface area contributed by atoms with Gasteiger partial charge in [-0.3, -0.25) is 9.69 Å². The predicted octanol–water partition coefficient (Wildman–Crippen LogP) is 1.26. The minimum atomic E-state index is 0.0292. The Morgan fingerprint density at radius 1 is 1.09 bits per heavy atom. The Morgan fingerprint density at radius 2 is 1.78 bits per heavy atom. The van der Waals surface area contributed by atoms with Crippen LogP contribution in [0.3, 0.4) is 0 Å². The molecule has 3 amide bonds. The van der Waals surface area contributed by atoms with E-state index in [1.54, 1.807) is 4.90 Å². The fourth-order valence-corrected chi connectivity index (χ4v) is 3.87. The smallest absolute Gasteiger partial charge is 0.324 e. The average molecular weight is 314 g/mol. The Kier molecular flexibility index (Phi) is 3.49. The lowest BCUT2D eigenvalue weighted by Crippen LogP contribution is -2.37. The van der Waals surface area contributed by atoms with Gasteiger partial charge in [0.05, 0.1) is 6.04 Å². The monoisotopic (exact) mass is 314 g/mol. The van der Waals surface area contributed by atoms with E-state index >= 15 is 0 Å². The Hall–Kier alpha value is -2.08. The Morgan fingerprint density at radius 3 is 2.43 bits per heavy atom. The number of fused-ring (bicyclic) bond motifs is 1. The molecule has 0 bridgehead atoms. The highest BCUT2D eigenvalue weighted by molar-refractivity contribution is 5.97. The highest BCUT2D eigenvalue weighted by Gasteiger charge is 2.44. The van der Waals surface area contributed by atoms with E-state index in [9.17, 15) is 9.59 Å². The summed E-state index contributed by atoms with van der Waals surface area (Å²) in [7, 11) is 0. The van der Waals surface area contributed by atoms with Crippen LogP contribution in [0, 0.1) is 0 Å². The molecule has 3 fully saturated rings. The first kappa shape index (κ1) is 14.5. The summed E-state index contributed by atoms with van der Waals surface area (Å²) in [5.41, 5.74) is 7.62. The summed E-state index contributed by atoms with van der Waals surface area (Å²) in [6.07, 6.45) is 3.06. The number of urea groups is 1. The van der Waals surface area contributed by atoms with Crippen molar-refractivity contribution in [3.8, 4) is 0 Å². The van der Waals surface area contributed by atoms with E-state index in [4.69, 9.17) is 5.73 Å². The number of nitrogens with two attached hydrogens (primary N) is 1. The van der Waals surface area contributed by atoms with E-state index in [1.165, 1.54) is 0 Å². The first-order valence-corrected chi connectivity index (χ1v) is 8.38. The summed E-state index contributed by atoms with van der Waals surface area (Å²) < 4.78 is 0. The standard InChI is InChI=1S/C17H22N4O2/c18-14-7-10-20-15(14)11-21(17(20)23)13-5-3-12(4-6-13)16(22)19-8-1-2-9-19/h3-6,14-15H,1-2,7-11,18H2/t14-,15-/m1/s1. The van der Waals surface area contributed by atoms with Crippen LogP contribution >= 0.6 is 0 Å². The first-order chi connectivity index (χ1) is 11.1. The lowest BCUT2D eigenvalue weighted by atomic mass is 10.1. The second kappa shape index (κ2) is 5.53. The molecular formula is C17H22N4O2. The number of amides is 3. The number of anilines is 1. The van der Waals surface area contributed by atoms with Crippen molar-refractivity contribution in [2.24, 2.45) is 5.73 Å². The van der Waals surface area contributed by atoms with Crippen LogP contribution in [-0.4, -0.2) is 60.0 Å². The SMILES string of the molecule is N[C@@H]1CCN2C(=O)N(c3ccc(C(=O)N4CCCC4)cc3)C[C@H]12. The third-order valence-corrected chi connectivity index (χ3v) is 5.26. The first-order valence-electron chi connectivity index (χ1n) is 8.38. The van der Waals surface area contributed by atoms with Gasteiger partial charge in [0.1, 0.15) is 0 Å². The molecule has 122 valence electrons. The minimum absolute atomic E-state index is 0.0292. The summed E-state index contributed by atoms with van der Waals surface area (Å²) in [4.78, 5) is 30.4. The van der Waals surface area contributed by atoms with Crippen LogP contribution < -0.4 is 10.6 Å². The van der Waals surface area contributed by atoms with Gasteiger partial charge in [-0.2, -0.15) is 0 Å². The van der Waals surface area contributed by atoms with Gasteiger partial charge in [-0.25, -0.2) is 4.79 Å². The molecule has 4 rings (SSSR count). The second-order valence-corrected chi connectivity index (χ2v) is 6.65. The molecule has 0 unspecified atom stereocenters. The quantitative estimate of drug-likeness (QED) is 0.893. The zero-order valence-corrected chi connectivity index (χ0v) is 13.1. The van der Waals surface area contributed by atoms with Gasteiger partial charge in [0.15, 0.2) is 0 Å². The number of carbonyl (C=O) groups is 2. The third kappa shape index (κ3) is 2.37. The van der Waals surface area contributed by atoms with Crippen LogP contribution in [0.4, 0.5) is 10.5 Å². The van der Waals surface area contributed by atoms with Crippen molar-refractivity contribution in [2.75, 3.05) is 31.1 Å². The molecule has 0 saturated carbocycles. The summed E-state index contributed by atoms with van der Waals surface area (Å²) in [6, 6.07) is 7.61. The topological polar surface area (TPSA) is 69.9 Å². The third-order valence-electron chi connectivity index (χ3n) is 5.26. The minimum Gasteiger partial charge on any atom is -0.339 e. The molecule has 0 spiro atoms. The Balaban J connectivity index is 1.50. The summed E-state index contributed by atoms with van der Waals surface area (Å²) >= 11 is 0. The summed E-state index contributed by atoms with van der Waals surface area (Å²) in [5.74, 6) is 0.0874. The van der Waals surface area contributed by atoms with Gasteiger partial charge < -0.3 is 15.5 Å². The van der Waals surface area contributed by atoms with E-state index in [2.05, 4.69) is 0 Å².